The van der Waals surface area contributed by atoms with E-state index < -0.39 is 5.97 Å². The third-order valence-electron chi connectivity index (χ3n) is 1.68. The van der Waals surface area contributed by atoms with Crippen LogP contribution in [0.3, 0.4) is 0 Å². The molecule has 0 spiro atoms. The monoisotopic (exact) mass is 287 g/mol. The number of carboxylic acid groups (broad SMARTS) is 1. The lowest BCUT2D eigenvalue weighted by Gasteiger charge is -2.15. The Morgan fingerprint density at radius 1 is 1.67 bits per heavy atom. The molecule has 1 aromatic heterocycles. The molecular formula is C10H10BrNO2S. The minimum Gasteiger partial charge on any atom is -0.480 e. The zero-order chi connectivity index (χ0) is 11.3. The number of hydrogen-bond acceptors (Lipinski definition) is 3. The molecule has 1 aromatic rings. The topological polar surface area (TPSA) is 40.5 Å². The SMILES string of the molecule is C#CCN(CC(=O)O)Cc1ccc(Br)s1. The van der Waals surface area contributed by atoms with Crippen molar-refractivity contribution in [2.45, 2.75) is 6.54 Å². The van der Waals surface area contributed by atoms with Crippen molar-refractivity contribution in [2.75, 3.05) is 13.1 Å². The molecule has 0 saturated carbocycles. The summed E-state index contributed by atoms with van der Waals surface area (Å²) >= 11 is 4.94. The molecule has 3 nitrogen and oxygen atoms in total. The molecule has 5 heteroatoms. The van der Waals surface area contributed by atoms with Gasteiger partial charge in [0.25, 0.3) is 0 Å². The van der Waals surface area contributed by atoms with Crippen LogP contribution >= 0.6 is 27.3 Å². The number of thiophene rings is 1. The highest BCUT2D eigenvalue weighted by Crippen LogP contribution is 2.23. The molecule has 1 N–H and O–H groups in total. The lowest BCUT2D eigenvalue weighted by Crippen LogP contribution is -2.29. The molecule has 0 bridgehead atoms. The van der Waals surface area contributed by atoms with E-state index >= 15 is 0 Å². The zero-order valence-electron chi connectivity index (χ0n) is 7.94. The first kappa shape index (κ1) is 12.2. The molecule has 0 aliphatic rings. The largest absolute Gasteiger partial charge is 0.480 e. The lowest BCUT2D eigenvalue weighted by molar-refractivity contribution is -0.138. The van der Waals surface area contributed by atoms with Gasteiger partial charge in [0.05, 0.1) is 16.9 Å². The van der Waals surface area contributed by atoms with Crippen molar-refractivity contribution in [3.63, 3.8) is 0 Å². The Balaban J connectivity index is 2.58. The van der Waals surface area contributed by atoms with Crippen molar-refractivity contribution in [1.29, 1.82) is 0 Å². The van der Waals surface area contributed by atoms with Gasteiger partial charge in [-0.25, -0.2) is 0 Å². The van der Waals surface area contributed by atoms with Crippen molar-refractivity contribution < 1.29 is 9.90 Å². The first-order chi connectivity index (χ1) is 7.11. The maximum atomic E-state index is 10.6. The highest BCUT2D eigenvalue weighted by atomic mass is 79.9. The van der Waals surface area contributed by atoms with Gasteiger partial charge in [0.1, 0.15) is 0 Å². The van der Waals surface area contributed by atoms with Crippen molar-refractivity contribution in [1.82, 2.24) is 4.90 Å². The van der Waals surface area contributed by atoms with Gasteiger partial charge in [-0.1, -0.05) is 5.92 Å². The Labute approximate surface area is 101 Å². The van der Waals surface area contributed by atoms with Crippen LogP contribution in [0.15, 0.2) is 15.9 Å². The van der Waals surface area contributed by atoms with E-state index in [0.29, 0.717) is 13.1 Å². The van der Waals surface area contributed by atoms with Crippen molar-refractivity contribution in [3.8, 4) is 12.3 Å². The summed E-state index contributed by atoms with van der Waals surface area (Å²) in [7, 11) is 0. The molecule has 0 amide bonds. The first-order valence-corrected chi connectivity index (χ1v) is 5.84. The smallest absolute Gasteiger partial charge is 0.317 e. The number of hydrogen-bond donors (Lipinski definition) is 1. The van der Waals surface area contributed by atoms with E-state index in [4.69, 9.17) is 11.5 Å². The zero-order valence-corrected chi connectivity index (χ0v) is 10.3. The van der Waals surface area contributed by atoms with E-state index in [9.17, 15) is 4.79 Å². The Morgan fingerprint density at radius 3 is 2.87 bits per heavy atom. The van der Waals surface area contributed by atoms with Crippen LogP contribution in [0.4, 0.5) is 0 Å². The van der Waals surface area contributed by atoms with Gasteiger partial charge in [0.15, 0.2) is 0 Å². The second-order valence-electron chi connectivity index (χ2n) is 2.95. The summed E-state index contributed by atoms with van der Waals surface area (Å²) < 4.78 is 1.04. The minimum absolute atomic E-state index is 0.0281. The maximum Gasteiger partial charge on any atom is 0.317 e. The fraction of sp³-hybridized carbons (Fsp3) is 0.300. The molecule has 0 aliphatic heterocycles. The predicted octanol–water partition coefficient (Wildman–Crippen LogP) is 2.03. The third-order valence-corrected chi connectivity index (χ3v) is 3.29. The highest BCUT2D eigenvalue weighted by Gasteiger charge is 2.10. The summed E-state index contributed by atoms with van der Waals surface area (Å²) in [5, 5.41) is 8.68. The molecule has 0 unspecified atom stereocenters. The molecule has 0 aliphatic carbocycles. The summed E-state index contributed by atoms with van der Waals surface area (Å²) in [6, 6.07) is 3.90. The van der Waals surface area contributed by atoms with Crippen LogP contribution in [0.2, 0.25) is 0 Å². The van der Waals surface area contributed by atoms with Crippen LogP contribution in [0, 0.1) is 12.3 Å². The average Bonchev–Trinajstić information content (AvgIpc) is 2.50. The third kappa shape index (κ3) is 4.47. The van der Waals surface area contributed by atoms with E-state index in [2.05, 4.69) is 21.9 Å². The molecule has 0 fully saturated rings. The molecular weight excluding hydrogens is 278 g/mol. The van der Waals surface area contributed by atoms with Gasteiger partial charge in [-0.3, -0.25) is 9.69 Å². The number of carboxylic acids is 1. The number of aliphatic carboxylic acids is 1. The van der Waals surface area contributed by atoms with Crippen LogP contribution in [0.5, 0.6) is 0 Å². The van der Waals surface area contributed by atoms with E-state index in [-0.39, 0.29) is 6.54 Å². The van der Waals surface area contributed by atoms with Gasteiger partial charge < -0.3 is 5.11 Å². The average molecular weight is 288 g/mol. The number of terminal acetylenes is 1. The first-order valence-electron chi connectivity index (χ1n) is 4.23. The van der Waals surface area contributed by atoms with E-state index in [0.717, 1.165) is 8.66 Å². The van der Waals surface area contributed by atoms with Crippen molar-refractivity contribution >= 4 is 33.2 Å². The number of rotatable bonds is 5. The van der Waals surface area contributed by atoms with Gasteiger partial charge in [-0.2, -0.15) is 0 Å². The summed E-state index contributed by atoms with van der Waals surface area (Å²) in [6.07, 6.45) is 5.17. The lowest BCUT2D eigenvalue weighted by atomic mass is 10.4. The number of carbonyl (C=O) groups is 1. The predicted molar refractivity (Wildman–Crippen MR) is 63.8 cm³/mol. The fourth-order valence-corrected chi connectivity index (χ4v) is 2.67. The van der Waals surface area contributed by atoms with Gasteiger partial charge in [-0.15, -0.1) is 17.8 Å². The van der Waals surface area contributed by atoms with Crippen molar-refractivity contribution in [3.05, 3.63) is 20.8 Å². The Hall–Kier alpha value is -0.830. The summed E-state index contributed by atoms with van der Waals surface area (Å²) in [6.45, 7) is 0.897. The molecule has 1 heterocycles. The Kier molecular flexibility index (Phi) is 4.82. The molecule has 0 atom stereocenters. The molecule has 1 rings (SSSR count). The standard InChI is InChI=1S/C10H10BrNO2S/c1-2-5-12(7-10(13)14)6-8-3-4-9(11)15-8/h1,3-4H,5-7H2,(H,13,14). The van der Waals surface area contributed by atoms with Crippen LogP contribution in [-0.2, 0) is 11.3 Å². The summed E-state index contributed by atoms with van der Waals surface area (Å²) in [4.78, 5) is 13.4. The normalized spacial score (nSPS) is 10.2. The summed E-state index contributed by atoms with van der Waals surface area (Å²) in [5.41, 5.74) is 0. The van der Waals surface area contributed by atoms with Crippen LogP contribution < -0.4 is 0 Å². The second-order valence-corrected chi connectivity index (χ2v) is 5.50. The van der Waals surface area contributed by atoms with E-state index in [1.807, 2.05) is 12.1 Å². The second kappa shape index (κ2) is 5.91. The van der Waals surface area contributed by atoms with E-state index in [1.165, 1.54) is 0 Å². The molecule has 15 heavy (non-hydrogen) atoms. The van der Waals surface area contributed by atoms with Crippen molar-refractivity contribution in [2.24, 2.45) is 0 Å². The Morgan fingerprint density at radius 2 is 2.40 bits per heavy atom. The van der Waals surface area contributed by atoms with Crippen LogP contribution in [0.25, 0.3) is 0 Å². The number of nitrogens with zero attached hydrogens (tertiary/aromatic N) is 1. The molecule has 80 valence electrons. The summed E-state index contributed by atoms with van der Waals surface area (Å²) in [5.74, 6) is 1.60. The molecule has 0 saturated heterocycles. The Bertz CT molecular complexity index is 383. The van der Waals surface area contributed by atoms with Crippen LogP contribution in [0.1, 0.15) is 4.88 Å². The number of halogens is 1. The van der Waals surface area contributed by atoms with Gasteiger partial charge in [0.2, 0.25) is 0 Å². The van der Waals surface area contributed by atoms with Crippen LogP contribution in [-0.4, -0.2) is 29.1 Å². The molecule has 0 aromatic carbocycles. The minimum atomic E-state index is -0.860. The molecule has 0 radical (unpaired) electrons. The fourth-order valence-electron chi connectivity index (χ4n) is 1.15. The van der Waals surface area contributed by atoms with Gasteiger partial charge in [-0.05, 0) is 28.1 Å². The van der Waals surface area contributed by atoms with Gasteiger partial charge in [0, 0.05) is 11.4 Å². The maximum absolute atomic E-state index is 10.6. The van der Waals surface area contributed by atoms with Gasteiger partial charge >= 0.3 is 5.97 Å². The highest BCUT2D eigenvalue weighted by molar-refractivity contribution is 9.11. The van der Waals surface area contributed by atoms with E-state index in [1.54, 1.807) is 16.2 Å². The quantitative estimate of drug-likeness (QED) is 0.843.